The van der Waals surface area contributed by atoms with Gasteiger partial charge in [-0.25, -0.2) is 0 Å². The number of hydrogen-bond donors (Lipinski definition) is 0. The molecule has 0 bridgehead atoms. The summed E-state index contributed by atoms with van der Waals surface area (Å²) in [4.78, 5) is 0. The molecule has 0 atom stereocenters. The van der Waals surface area contributed by atoms with Gasteiger partial charge in [0, 0.05) is 0 Å². The smallest absolute Gasteiger partial charge is 1.00 e. The van der Waals surface area contributed by atoms with Gasteiger partial charge in [0.25, 0.3) is 0 Å². The normalized spacial score (nSPS) is 11.6. The van der Waals surface area contributed by atoms with Gasteiger partial charge in [-0.1, -0.05) is 0 Å². The molecule has 334 valence electrons. The van der Waals surface area contributed by atoms with Crippen LogP contribution in [0.5, 0.6) is 34.5 Å². The molecule has 0 aliphatic carbocycles. The largest absolute Gasteiger partial charge is 1.00 e. The fourth-order valence-corrected chi connectivity index (χ4v) is 10.5. The third-order valence-electron chi connectivity index (χ3n) is 8.27. The number of benzene rings is 6. The minimum Gasteiger partial charge on any atom is 1.00 e. The van der Waals surface area contributed by atoms with Gasteiger partial charge in [0.15, 0.2) is 0 Å². The van der Waals surface area contributed by atoms with Gasteiger partial charge in [-0.2, -0.15) is 0 Å². The molecule has 0 saturated heterocycles. The molecule has 0 saturated carbocycles. The van der Waals surface area contributed by atoms with Crippen LogP contribution >= 0.6 is 46.9 Å². The van der Waals surface area contributed by atoms with Crippen LogP contribution in [0.15, 0.2) is 146 Å². The van der Waals surface area contributed by atoms with Crippen molar-refractivity contribution in [3.8, 4) is 34.5 Å². The molecule has 18 heteroatoms. The first-order valence-electron chi connectivity index (χ1n) is 17.7. The summed E-state index contributed by atoms with van der Waals surface area (Å²) in [7, 11) is -2.76. The van der Waals surface area contributed by atoms with Crippen molar-refractivity contribution in [1.82, 2.24) is 0 Å². The van der Waals surface area contributed by atoms with E-state index in [2.05, 4.69) is 72.8 Å². The summed E-state index contributed by atoms with van der Waals surface area (Å²) < 4.78 is 91.0. The zero-order valence-electron chi connectivity index (χ0n) is 33.8. The standard InChI is InChI=1S/2C21H21O3P.CH2Cl2.Au.F6P/c2*1-22-16-4-10-19(11-5-16)25(20-12-6-17(23-2)7-13-20)21-14-8-18(24-3)9-15-21;2-1-3;;1-7(2,3,4,5)6/h2*4-15H,1-3H3;1H2;;/q;;;+1;-1/p+2. The van der Waals surface area contributed by atoms with Gasteiger partial charge < -0.3 is 28.4 Å². The van der Waals surface area contributed by atoms with Crippen LogP contribution in [0.4, 0.5) is 25.2 Å². The van der Waals surface area contributed by atoms with Gasteiger partial charge in [0.1, 0.15) is 66.3 Å². The van der Waals surface area contributed by atoms with E-state index in [0.717, 1.165) is 34.5 Å². The van der Waals surface area contributed by atoms with Crippen molar-refractivity contribution in [1.29, 1.82) is 0 Å². The molecule has 0 aliphatic heterocycles. The third-order valence-corrected chi connectivity index (χ3v) is 13.7. The van der Waals surface area contributed by atoms with Crippen molar-refractivity contribution in [3.05, 3.63) is 146 Å². The predicted molar refractivity (Wildman–Crippen MR) is 243 cm³/mol. The molecule has 0 aromatic heterocycles. The van der Waals surface area contributed by atoms with Crippen molar-refractivity contribution < 1.29 is 76.0 Å². The zero-order valence-corrected chi connectivity index (χ0v) is 40.4. The van der Waals surface area contributed by atoms with Gasteiger partial charge in [-0.3, -0.25) is 0 Å². The van der Waals surface area contributed by atoms with E-state index in [1.54, 1.807) is 42.7 Å². The van der Waals surface area contributed by atoms with E-state index in [9.17, 15) is 25.2 Å². The van der Waals surface area contributed by atoms with Crippen molar-refractivity contribution in [2.24, 2.45) is 0 Å². The minimum atomic E-state index is -10.7. The van der Waals surface area contributed by atoms with E-state index in [4.69, 9.17) is 51.6 Å². The summed E-state index contributed by atoms with van der Waals surface area (Å²) in [6.45, 7) is 0. The molecule has 0 spiro atoms. The van der Waals surface area contributed by atoms with E-state index in [1.807, 2.05) is 72.8 Å². The van der Waals surface area contributed by atoms with Gasteiger partial charge in [0.2, 0.25) is 0 Å². The first-order chi connectivity index (χ1) is 28.4. The van der Waals surface area contributed by atoms with Gasteiger partial charge >= 0.3 is 55.4 Å². The van der Waals surface area contributed by atoms with Crippen LogP contribution in [0.3, 0.4) is 0 Å². The van der Waals surface area contributed by atoms with Gasteiger partial charge in [0.05, 0.1) is 63.8 Å². The van der Waals surface area contributed by atoms with Crippen molar-refractivity contribution in [3.63, 3.8) is 0 Å². The van der Waals surface area contributed by atoms with Crippen LogP contribution in [0.25, 0.3) is 0 Å². The Morgan fingerprint density at radius 3 is 0.508 bits per heavy atom. The van der Waals surface area contributed by atoms with Gasteiger partial charge in [-0.05, 0) is 146 Å². The molecule has 6 nitrogen and oxygen atoms in total. The Kier molecular flexibility index (Phi) is 21.2. The summed E-state index contributed by atoms with van der Waals surface area (Å²) in [6.07, 6.45) is 0. The summed E-state index contributed by atoms with van der Waals surface area (Å²) in [6, 6.07) is 50.1. The summed E-state index contributed by atoms with van der Waals surface area (Å²) in [5.41, 5.74) is 0. The molecule has 6 rings (SSSR count). The van der Waals surface area contributed by atoms with E-state index < -0.39 is 23.7 Å². The average molecular weight is 1130 g/mol. The van der Waals surface area contributed by atoms with Crippen LogP contribution in [0, 0.1) is 0 Å². The molecule has 0 heterocycles. The number of alkyl halides is 2. The van der Waals surface area contributed by atoms with Crippen LogP contribution in [-0.4, -0.2) is 48.0 Å². The Morgan fingerprint density at radius 1 is 0.328 bits per heavy atom. The Labute approximate surface area is 380 Å². The molecule has 0 N–H and O–H groups in total. The van der Waals surface area contributed by atoms with E-state index in [-0.39, 0.29) is 27.7 Å². The number of ether oxygens (including phenoxy) is 6. The van der Waals surface area contributed by atoms with Crippen molar-refractivity contribution in [2.75, 3.05) is 48.0 Å². The quantitative estimate of drug-likeness (QED) is 0.0527. The SMILES string of the molecule is COc1ccc([PH+](c2ccc(OC)cc2)c2ccc(OC)cc2)cc1.COc1ccc([PH+](c2ccc(OC)cc2)c2ccc(OC)cc2)cc1.ClCCl.F[P-](F)(F)(F)(F)F.[Au+]. The van der Waals surface area contributed by atoms with E-state index >= 15 is 0 Å². The van der Waals surface area contributed by atoms with E-state index in [1.165, 1.54) is 31.8 Å². The molecular weight excluding hydrogens is 1090 g/mol. The number of rotatable bonds is 12. The summed E-state index contributed by atoms with van der Waals surface area (Å²) in [5.74, 6) is 5.22. The number of methoxy groups -OCH3 is 6. The maximum absolute atomic E-state index is 10.7. The first-order valence-corrected chi connectivity index (χ1v) is 23.7. The second kappa shape index (κ2) is 24.2. The van der Waals surface area contributed by atoms with E-state index in [0.29, 0.717) is 0 Å². The number of halogens is 8. The molecule has 0 radical (unpaired) electrons. The van der Waals surface area contributed by atoms with Gasteiger partial charge in [-0.15, -0.1) is 23.2 Å². The second-order valence-electron chi connectivity index (χ2n) is 12.2. The molecule has 6 aromatic rings. The number of hydrogen-bond acceptors (Lipinski definition) is 6. The molecule has 0 fully saturated rings. The Bertz CT molecular complexity index is 1780. The topological polar surface area (TPSA) is 55.4 Å². The summed E-state index contributed by atoms with van der Waals surface area (Å²) in [5, 5.41) is 8.03. The molecule has 0 unspecified atom stereocenters. The molecule has 61 heavy (non-hydrogen) atoms. The van der Waals surface area contributed by atoms with Crippen LogP contribution in [0.2, 0.25) is 0 Å². The Morgan fingerprint density at radius 2 is 0.426 bits per heavy atom. The summed E-state index contributed by atoms with van der Waals surface area (Å²) >= 11 is 9.53. The fraction of sp³-hybridized carbons (Fsp3) is 0.163. The third kappa shape index (κ3) is 19.5. The molecular formula is C43H46AuCl2F6O6P3+2. The monoisotopic (exact) mass is 1130 g/mol. The van der Waals surface area contributed by atoms with Crippen molar-refractivity contribution >= 4 is 78.7 Å². The fourth-order valence-electron chi connectivity index (χ4n) is 5.55. The molecule has 6 aromatic carbocycles. The Balaban J connectivity index is 0.000000340. The maximum Gasteiger partial charge on any atom is 1.00 e. The van der Waals surface area contributed by atoms with Crippen LogP contribution in [0.1, 0.15) is 0 Å². The van der Waals surface area contributed by atoms with Crippen LogP contribution < -0.4 is 60.2 Å². The average Bonchev–Trinajstić information content (AvgIpc) is 3.25. The minimum absolute atomic E-state index is 0. The molecule has 0 amide bonds. The zero-order chi connectivity index (χ0) is 44.4. The Hall–Kier alpha value is -3.69. The first kappa shape index (κ1) is 53.4. The second-order valence-corrected chi connectivity index (χ2v) is 19.9. The molecule has 0 aliphatic rings. The van der Waals surface area contributed by atoms with Crippen LogP contribution in [-0.2, 0) is 22.4 Å². The van der Waals surface area contributed by atoms with Crippen molar-refractivity contribution in [2.45, 2.75) is 0 Å². The predicted octanol–water partition coefficient (Wildman–Crippen LogP) is 11.2. The maximum atomic E-state index is 9.87.